The highest BCUT2D eigenvalue weighted by Gasteiger charge is 2.20. The van der Waals surface area contributed by atoms with Crippen molar-refractivity contribution in [2.45, 2.75) is 0 Å². The zero-order valence-corrected chi connectivity index (χ0v) is 27.1. The maximum absolute atomic E-state index is 6.64. The lowest BCUT2D eigenvalue weighted by Gasteiger charge is -2.11. The zero-order valence-electron chi connectivity index (χ0n) is 27.1. The summed E-state index contributed by atoms with van der Waals surface area (Å²) in [6, 6.07) is 53.9. The molecule has 0 aliphatic rings. The molecule has 7 aromatic carbocycles. The van der Waals surface area contributed by atoms with E-state index in [0.29, 0.717) is 17.6 Å². The Morgan fingerprint density at radius 3 is 1.69 bits per heavy atom. The van der Waals surface area contributed by atoms with Crippen LogP contribution < -0.4 is 0 Å². The van der Waals surface area contributed by atoms with Gasteiger partial charge in [0.15, 0.2) is 11.6 Å². The van der Waals surface area contributed by atoms with E-state index >= 15 is 0 Å². The van der Waals surface area contributed by atoms with Crippen LogP contribution in [-0.4, -0.2) is 19.5 Å². The molecule has 11 aromatic rings. The number of hydrogen-bond acceptors (Lipinski definition) is 5. The molecule has 0 radical (unpaired) electrons. The van der Waals surface area contributed by atoms with E-state index in [2.05, 4.69) is 108 Å². The Hall–Kier alpha value is -7.05. The van der Waals surface area contributed by atoms with Gasteiger partial charge in [-0.15, -0.1) is 0 Å². The van der Waals surface area contributed by atoms with Crippen LogP contribution in [0.15, 0.2) is 167 Å². The van der Waals surface area contributed by atoms with Gasteiger partial charge in [0.25, 0.3) is 0 Å². The van der Waals surface area contributed by atoms with Gasteiger partial charge < -0.3 is 8.83 Å². The van der Waals surface area contributed by atoms with Crippen LogP contribution in [0, 0.1) is 0 Å². The molecule has 0 spiro atoms. The van der Waals surface area contributed by atoms with Gasteiger partial charge in [-0.3, -0.25) is 4.57 Å². The van der Waals surface area contributed by atoms with Gasteiger partial charge in [-0.2, -0.15) is 9.97 Å². The highest BCUT2D eigenvalue weighted by Crippen LogP contribution is 2.39. The molecule has 0 N–H and O–H groups in total. The molecule has 0 aliphatic carbocycles. The molecule has 0 amide bonds. The third-order valence-corrected chi connectivity index (χ3v) is 9.88. The predicted molar refractivity (Wildman–Crippen MR) is 205 cm³/mol. The van der Waals surface area contributed by atoms with E-state index in [0.717, 1.165) is 87.9 Å². The Bertz CT molecular complexity index is 3100. The Labute approximate surface area is 290 Å². The first-order valence-corrected chi connectivity index (χ1v) is 16.9. The molecule has 0 fully saturated rings. The summed E-state index contributed by atoms with van der Waals surface area (Å²) in [6.07, 6.45) is 0. The van der Waals surface area contributed by atoms with E-state index in [1.165, 1.54) is 0 Å². The average Bonchev–Trinajstić information content (AvgIpc) is 3.87. The molecule has 6 nitrogen and oxygen atoms in total. The van der Waals surface area contributed by atoms with Gasteiger partial charge in [0, 0.05) is 37.9 Å². The van der Waals surface area contributed by atoms with Crippen molar-refractivity contribution in [3.63, 3.8) is 0 Å². The van der Waals surface area contributed by atoms with Gasteiger partial charge in [-0.25, -0.2) is 4.98 Å². The maximum atomic E-state index is 6.64. The van der Waals surface area contributed by atoms with Crippen LogP contribution in [-0.2, 0) is 0 Å². The number of para-hydroxylation sites is 4. The van der Waals surface area contributed by atoms with Crippen molar-refractivity contribution in [1.29, 1.82) is 0 Å². The van der Waals surface area contributed by atoms with E-state index in [9.17, 15) is 0 Å². The van der Waals surface area contributed by atoms with Gasteiger partial charge >= 0.3 is 0 Å². The van der Waals surface area contributed by atoms with E-state index in [1.807, 2.05) is 54.6 Å². The molecule has 0 aliphatic heterocycles. The monoisotopic (exact) mass is 654 g/mol. The Balaban J connectivity index is 1.11. The Morgan fingerprint density at radius 2 is 0.941 bits per heavy atom. The zero-order chi connectivity index (χ0) is 33.5. The molecule has 0 unspecified atom stereocenters. The normalized spacial score (nSPS) is 11.9. The van der Waals surface area contributed by atoms with E-state index in [1.54, 1.807) is 0 Å². The second-order valence-electron chi connectivity index (χ2n) is 12.8. The molecule has 0 atom stereocenters. The molecular weight excluding hydrogens is 629 g/mol. The van der Waals surface area contributed by atoms with Crippen LogP contribution in [0.2, 0.25) is 0 Å². The summed E-state index contributed by atoms with van der Waals surface area (Å²) in [4.78, 5) is 15.3. The number of benzene rings is 7. The smallest absolute Gasteiger partial charge is 0.238 e. The van der Waals surface area contributed by atoms with Crippen molar-refractivity contribution in [3.8, 4) is 39.9 Å². The minimum absolute atomic E-state index is 0.544. The summed E-state index contributed by atoms with van der Waals surface area (Å²) >= 11 is 0. The fraction of sp³-hybridized carbons (Fsp3) is 0. The van der Waals surface area contributed by atoms with Crippen molar-refractivity contribution in [3.05, 3.63) is 158 Å². The van der Waals surface area contributed by atoms with Crippen molar-refractivity contribution in [2.24, 2.45) is 0 Å². The first-order chi connectivity index (χ1) is 25.3. The standard InChI is InChI=1S/C45H26N4O2/c1-2-11-27(12-3-1)43-46-44(48-45(47-43)49-37-18-7-4-13-30(37)31-14-5-8-19-38(31)49)34-17-10-16-33-36-26-29(22-24-41(36)51-42(33)34)28-21-23-40-35(25-28)32-15-6-9-20-39(32)50-40/h1-26H. The number of aromatic nitrogens is 4. The van der Waals surface area contributed by atoms with E-state index in [4.69, 9.17) is 23.8 Å². The first-order valence-electron chi connectivity index (χ1n) is 16.9. The lowest BCUT2D eigenvalue weighted by Crippen LogP contribution is -2.06. The number of rotatable bonds is 4. The van der Waals surface area contributed by atoms with Crippen LogP contribution in [0.25, 0.3) is 106 Å². The molecule has 51 heavy (non-hydrogen) atoms. The Morgan fingerprint density at radius 1 is 0.373 bits per heavy atom. The topological polar surface area (TPSA) is 69.9 Å². The molecular formula is C45H26N4O2. The van der Waals surface area contributed by atoms with Gasteiger partial charge in [-0.1, -0.05) is 109 Å². The summed E-state index contributed by atoms with van der Waals surface area (Å²) in [7, 11) is 0. The molecule has 4 aromatic heterocycles. The number of fused-ring (bicyclic) bond motifs is 9. The summed E-state index contributed by atoms with van der Waals surface area (Å²) in [5.41, 5.74) is 9.30. The number of nitrogens with zero attached hydrogens (tertiary/aromatic N) is 4. The van der Waals surface area contributed by atoms with Crippen molar-refractivity contribution in [2.75, 3.05) is 0 Å². The fourth-order valence-corrected chi connectivity index (χ4v) is 7.50. The summed E-state index contributed by atoms with van der Waals surface area (Å²) in [5.74, 6) is 1.69. The molecule has 11 rings (SSSR count). The largest absolute Gasteiger partial charge is 0.456 e. The highest BCUT2D eigenvalue weighted by atomic mass is 16.3. The molecule has 4 heterocycles. The van der Waals surface area contributed by atoms with Gasteiger partial charge in [0.1, 0.15) is 22.3 Å². The lowest BCUT2D eigenvalue weighted by molar-refractivity contribution is 0.668. The van der Waals surface area contributed by atoms with Crippen LogP contribution in [0.5, 0.6) is 0 Å². The second-order valence-corrected chi connectivity index (χ2v) is 12.8. The number of furan rings is 2. The molecule has 0 bridgehead atoms. The van der Waals surface area contributed by atoms with Crippen LogP contribution >= 0.6 is 0 Å². The SMILES string of the molecule is c1ccc(-c2nc(-c3cccc4c3oc3ccc(-c5ccc6oc7ccccc7c6c5)cc34)nc(-n3c4ccccc4c4ccccc43)n2)cc1. The summed E-state index contributed by atoms with van der Waals surface area (Å²) < 4.78 is 14.9. The minimum Gasteiger partial charge on any atom is -0.456 e. The lowest BCUT2D eigenvalue weighted by atomic mass is 10.0. The van der Waals surface area contributed by atoms with Crippen molar-refractivity contribution in [1.82, 2.24) is 19.5 Å². The van der Waals surface area contributed by atoms with E-state index in [-0.39, 0.29) is 0 Å². The van der Waals surface area contributed by atoms with Crippen LogP contribution in [0.3, 0.4) is 0 Å². The minimum atomic E-state index is 0.544. The number of hydrogen-bond donors (Lipinski definition) is 0. The third-order valence-electron chi connectivity index (χ3n) is 9.88. The molecule has 6 heteroatoms. The molecule has 238 valence electrons. The summed E-state index contributed by atoms with van der Waals surface area (Å²) in [6.45, 7) is 0. The predicted octanol–water partition coefficient (Wildman–Crippen LogP) is 11.8. The van der Waals surface area contributed by atoms with Crippen LogP contribution in [0.4, 0.5) is 0 Å². The highest BCUT2D eigenvalue weighted by molar-refractivity contribution is 6.12. The molecule has 0 saturated carbocycles. The average molecular weight is 655 g/mol. The second kappa shape index (κ2) is 10.7. The van der Waals surface area contributed by atoms with Crippen LogP contribution in [0.1, 0.15) is 0 Å². The van der Waals surface area contributed by atoms with Crippen molar-refractivity contribution >= 4 is 65.7 Å². The summed E-state index contributed by atoms with van der Waals surface area (Å²) in [5, 5.41) is 6.53. The fourth-order valence-electron chi connectivity index (χ4n) is 7.50. The quantitative estimate of drug-likeness (QED) is 0.189. The molecule has 0 saturated heterocycles. The third kappa shape index (κ3) is 4.26. The van der Waals surface area contributed by atoms with Gasteiger partial charge in [0.05, 0.1) is 16.6 Å². The van der Waals surface area contributed by atoms with E-state index < -0.39 is 0 Å². The first kappa shape index (κ1) is 27.9. The maximum Gasteiger partial charge on any atom is 0.238 e. The van der Waals surface area contributed by atoms with Gasteiger partial charge in [-0.05, 0) is 59.7 Å². The Kier molecular flexibility index (Phi) is 5.86. The van der Waals surface area contributed by atoms with Crippen molar-refractivity contribution < 1.29 is 8.83 Å². The van der Waals surface area contributed by atoms with Gasteiger partial charge in [0.2, 0.25) is 5.95 Å².